The number of hydrogen-bond donors (Lipinski definition) is 0. The number of aromatic nitrogens is 4. The first-order chi connectivity index (χ1) is 15.0. The zero-order valence-electron chi connectivity index (χ0n) is 17.8. The van der Waals surface area contributed by atoms with Gasteiger partial charge in [0.25, 0.3) is 5.56 Å². The van der Waals surface area contributed by atoms with Gasteiger partial charge in [-0.3, -0.25) is 9.36 Å². The fourth-order valence-corrected chi connectivity index (χ4v) is 3.69. The van der Waals surface area contributed by atoms with Gasteiger partial charge in [0, 0.05) is 33.4 Å². The molecule has 0 aromatic carbocycles. The number of terminal acetylenes is 1. The normalized spacial score (nSPS) is 20.3. The van der Waals surface area contributed by atoms with Crippen LogP contribution in [0.15, 0.2) is 33.4 Å². The van der Waals surface area contributed by atoms with E-state index in [9.17, 15) is 9.59 Å². The average Bonchev–Trinajstić information content (AvgIpc) is 3.54. The van der Waals surface area contributed by atoms with Crippen LogP contribution in [-0.4, -0.2) is 45.1 Å². The molecule has 2 aliphatic rings. The Kier molecular flexibility index (Phi) is 5.69. The first-order valence-electron chi connectivity index (χ1n) is 10.1. The lowest BCUT2D eigenvalue weighted by Gasteiger charge is -2.22. The van der Waals surface area contributed by atoms with Crippen LogP contribution in [0.5, 0.6) is 0 Å². The molecule has 2 aromatic heterocycles. The fraction of sp³-hybridized carbons (Fsp3) is 0.435. The number of nitrogens with zero attached hydrogens (tertiary/aromatic N) is 4. The van der Waals surface area contributed by atoms with Gasteiger partial charge in [-0.1, -0.05) is 17.9 Å². The van der Waals surface area contributed by atoms with Crippen LogP contribution in [0.1, 0.15) is 18.7 Å². The number of methoxy groups -OCH3 is 2. The Bertz CT molecular complexity index is 1300. The molecule has 0 amide bonds. The van der Waals surface area contributed by atoms with E-state index in [-0.39, 0.29) is 18.8 Å². The molecule has 4 rings (SSSR count). The minimum Gasteiger partial charge on any atom is -0.374 e. The van der Waals surface area contributed by atoms with Gasteiger partial charge in [0.15, 0.2) is 17.0 Å². The van der Waals surface area contributed by atoms with Crippen molar-refractivity contribution >= 4 is 11.2 Å². The SMILES string of the molecule is C#CCn1c(=O)c2c(nc(C#CC3=CC(OC)C(OC)C=C3)n2C)n(CC2CC2)c1=O. The van der Waals surface area contributed by atoms with Gasteiger partial charge >= 0.3 is 5.69 Å². The summed E-state index contributed by atoms with van der Waals surface area (Å²) in [7, 11) is 4.96. The second-order valence-corrected chi connectivity index (χ2v) is 7.73. The summed E-state index contributed by atoms with van der Waals surface area (Å²) in [5.74, 6) is 9.31. The minimum absolute atomic E-state index is 0.0821. The Morgan fingerprint density at radius 2 is 1.90 bits per heavy atom. The van der Waals surface area contributed by atoms with E-state index in [0.717, 1.165) is 23.0 Å². The molecule has 1 saturated carbocycles. The van der Waals surface area contributed by atoms with E-state index in [4.69, 9.17) is 15.9 Å². The Labute approximate surface area is 179 Å². The fourth-order valence-electron chi connectivity index (χ4n) is 3.69. The highest BCUT2D eigenvalue weighted by Crippen LogP contribution is 2.30. The smallest absolute Gasteiger partial charge is 0.333 e. The summed E-state index contributed by atoms with van der Waals surface area (Å²) in [5, 5.41) is 0. The van der Waals surface area contributed by atoms with Crippen LogP contribution < -0.4 is 11.2 Å². The van der Waals surface area contributed by atoms with E-state index < -0.39 is 11.2 Å². The summed E-state index contributed by atoms with van der Waals surface area (Å²) < 4.78 is 15.1. The zero-order valence-corrected chi connectivity index (χ0v) is 17.8. The molecule has 8 heteroatoms. The average molecular weight is 420 g/mol. The molecular weight excluding hydrogens is 396 g/mol. The number of ether oxygens (including phenoxy) is 2. The molecule has 0 aliphatic heterocycles. The van der Waals surface area contributed by atoms with Gasteiger partial charge in [0.2, 0.25) is 0 Å². The van der Waals surface area contributed by atoms with Crippen molar-refractivity contribution in [2.75, 3.05) is 14.2 Å². The molecule has 2 unspecified atom stereocenters. The molecule has 0 saturated heterocycles. The van der Waals surface area contributed by atoms with E-state index in [2.05, 4.69) is 22.7 Å². The predicted octanol–water partition coefficient (Wildman–Crippen LogP) is 0.818. The molecule has 2 atom stereocenters. The first-order valence-corrected chi connectivity index (χ1v) is 10.1. The van der Waals surface area contributed by atoms with E-state index in [1.807, 2.05) is 18.2 Å². The van der Waals surface area contributed by atoms with E-state index in [0.29, 0.717) is 29.5 Å². The van der Waals surface area contributed by atoms with Crippen molar-refractivity contribution in [3.63, 3.8) is 0 Å². The second-order valence-electron chi connectivity index (χ2n) is 7.73. The first kappa shape index (κ1) is 20.9. The van der Waals surface area contributed by atoms with Crippen molar-refractivity contribution in [1.82, 2.24) is 18.7 Å². The quantitative estimate of drug-likeness (QED) is 0.669. The maximum absolute atomic E-state index is 13.0. The van der Waals surface area contributed by atoms with Crippen molar-refractivity contribution < 1.29 is 9.47 Å². The Balaban J connectivity index is 1.81. The number of hydrogen-bond acceptors (Lipinski definition) is 5. The number of rotatable bonds is 5. The summed E-state index contributed by atoms with van der Waals surface area (Å²) in [6, 6.07) is 0. The van der Waals surface area contributed by atoms with E-state index in [1.54, 1.807) is 30.4 Å². The van der Waals surface area contributed by atoms with E-state index >= 15 is 0 Å². The molecule has 160 valence electrons. The van der Waals surface area contributed by atoms with Gasteiger partial charge in [-0.05, 0) is 36.8 Å². The lowest BCUT2D eigenvalue weighted by Crippen LogP contribution is -2.40. The third-order valence-corrected chi connectivity index (χ3v) is 5.63. The van der Waals surface area contributed by atoms with Crippen LogP contribution in [-0.2, 0) is 29.6 Å². The molecule has 8 nitrogen and oxygen atoms in total. The maximum atomic E-state index is 13.0. The van der Waals surface area contributed by atoms with Crippen molar-refractivity contribution in [3.8, 4) is 24.2 Å². The number of aryl methyl sites for hydroxylation is 1. The molecule has 2 aliphatic carbocycles. The largest absolute Gasteiger partial charge is 0.374 e. The molecular formula is C23H24N4O4. The molecule has 0 bridgehead atoms. The summed E-state index contributed by atoms with van der Waals surface area (Å²) in [5.41, 5.74) is 0.553. The van der Waals surface area contributed by atoms with Gasteiger partial charge in [-0.15, -0.1) is 6.42 Å². The maximum Gasteiger partial charge on any atom is 0.333 e. The summed E-state index contributed by atoms with van der Waals surface area (Å²) in [4.78, 5) is 30.4. The van der Waals surface area contributed by atoms with Crippen LogP contribution in [0.25, 0.3) is 11.2 Å². The molecule has 2 heterocycles. The lowest BCUT2D eigenvalue weighted by atomic mass is 10.0. The molecule has 31 heavy (non-hydrogen) atoms. The summed E-state index contributed by atoms with van der Waals surface area (Å²) >= 11 is 0. The Hall–Kier alpha value is -3.33. The lowest BCUT2D eigenvalue weighted by molar-refractivity contribution is 0.0136. The van der Waals surface area contributed by atoms with Crippen molar-refractivity contribution in [2.45, 2.75) is 38.1 Å². The van der Waals surface area contributed by atoms with Crippen molar-refractivity contribution in [3.05, 3.63) is 50.5 Å². The Morgan fingerprint density at radius 1 is 1.16 bits per heavy atom. The molecule has 0 spiro atoms. The number of allylic oxidation sites excluding steroid dienone is 2. The Morgan fingerprint density at radius 3 is 2.55 bits per heavy atom. The zero-order chi connectivity index (χ0) is 22.1. The van der Waals surface area contributed by atoms with Gasteiger partial charge < -0.3 is 14.0 Å². The van der Waals surface area contributed by atoms with Crippen LogP contribution >= 0.6 is 0 Å². The van der Waals surface area contributed by atoms with Crippen LogP contribution in [0.2, 0.25) is 0 Å². The van der Waals surface area contributed by atoms with Crippen LogP contribution in [0.3, 0.4) is 0 Å². The minimum atomic E-state index is -0.452. The molecule has 1 fully saturated rings. The molecule has 0 N–H and O–H groups in total. The van der Waals surface area contributed by atoms with Gasteiger partial charge in [0.1, 0.15) is 12.2 Å². The topological polar surface area (TPSA) is 80.3 Å². The monoisotopic (exact) mass is 420 g/mol. The summed E-state index contributed by atoms with van der Waals surface area (Å²) in [6.45, 7) is 0.438. The van der Waals surface area contributed by atoms with Crippen LogP contribution in [0.4, 0.5) is 0 Å². The molecule has 2 aromatic rings. The third kappa shape index (κ3) is 3.88. The van der Waals surface area contributed by atoms with Gasteiger partial charge in [-0.2, -0.15) is 0 Å². The highest BCUT2D eigenvalue weighted by molar-refractivity contribution is 5.72. The standard InChI is InChI=1S/C23H24N4O4/c1-5-12-26-22(28)20-21(27(23(26)29)14-16-6-7-16)24-19(25(20)2)11-9-15-8-10-17(30-3)18(13-15)31-4/h1,8,10,13,16-18H,6-7,12,14H2,2-4H3. The third-order valence-electron chi connectivity index (χ3n) is 5.63. The number of imidazole rings is 1. The summed E-state index contributed by atoms with van der Waals surface area (Å²) in [6.07, 6.45) is 12.7. The number of fused-ring (bicyclic) bond motifs is 1. The van der Waals surface area contributed by atoms with Crippen LogP contribution in [0, 0.1) is 30.1 Å². The molecule has 0 radical (unpaired) electrons. The highest BCUT2D eigenvalue weighted by atomic mass is 16.5. The van der Waals surface area contributed by atoms with Gasteiger partial charge in [0.05, 0.1) is 6.54 Å². The van der Waals surface area contributed by atoms with Gasteiger partial charge in [-0.25, -0.2) is 14.3 Å². The predicted molar refractivity (Wildman–Crippen MR) is 116 cm³/mol. The highest BCUT2D eigenvalue weighted by Gasteiger charge is 2.26. The second kappa shape index (κ2) is 8.43. The van der Waals surface area contributed by atoms with Crippen molar-refractivity contribution in [1.29, 1.82) is 0 Å². The van der Waals surface area contributed by atoms with E-state index in [1.165, 1.54) is 0 Å². The van der Waals surface area contributed by atoms with Crippen molar-refractivity contribution in [2.24, 2.45) is 13.0 Å².